The molecule has 4 heteroatoms. The molecule has 0 aromatic heterocycles. The first-order valence-corrected chi connectivity index (χ1v) is 8.64. The lowest BCUT2D eigenvalue weighted by atomic mass is 9.79. The highest BCUT2D eigenvalue weighted by Crippen LogP contribution is 2.31. The van der Waals surface area contributed by atoms with E-state index in [0.29, 0.717) is 0 Å². The van der Waals surface area contributed by atoms with Crippen LogP contribution in [0.15, 0.2) is 64.0 Å². The highest BCUT2D eigenvalue weighted by molar-refractivity contribution is 9.10. The van der Waals surface area contributed by atoms with Gasteiger partial charge in [-0.1, -0.05) is 46.3 Å². The summed E-state index contributed by atoms with van der Waals surface area (Å²) in [6.45, 7) is -0.110. The number of aliphatic hydroxyl groups is 2. The first-order chi connectivity index (χ1) is 10.2. The summed E-state index contributed by atoms with van der Waals surface area (Å²) in [6, 6.07) is 18.0. The van der Waals surface area contributed by atoms with Crippen LogP contribution in [0.1, 0.15) is 12.0 Å². The van der Waals surface area contributed by atoms with Crippen LogP contribution < -0.4 is 0 Å². The van der Waals surface area contributed by atoms with Crippen molar-refractivity contribution in [1.29, 1.82) is 0 Å². The molecule has 2 nitrogen and oxygen atoms in total. The number of halogens is 1. The molecule has 2 rings (SSSR count). The largest absolute Gasteiger partial charge is 0.395 e. The Morgan fingerprint density at radius 1 is 0.905 bits per heavy atom. The van der Waals surface area contributed by atoms with Crippen LogP contribution in [0.25, 0.3) is 0 Å². The van der Waals surface area contributed by atoms with E-state index in [1.54, 1.807) is 11.8 Å². The Kier molecular flexibility index (Phi) is 6.30. The van der Waals surface area contributed by atoms with Gasteiger partial charge in [0.15, 0.2) is 0 Å². The second-order valence-corrected chi connectivity index (χ2v) is 7.10. The predicted octanol–water partition coefficient (Wildman–Crippen LogP) is 3.85. The van der Waals surface area contributed by atoms with Gasteiger partial charge in [0.2, 0.25) is 0 Å². The Bertz CT molecular complexity index is 538. The Balaban J connectivity index is 2.06. The fourth-order valence-corrected chi connectivity index (χ4v) is 3.56. The lowest BCUT2D eigenvalue weighted by Gasteiger charge is -2.30. The molecule has 0 heterocycles. The number of hydrogen-bond donors (Lipinski definition) is 2. The molecule has 2 aromatic carbocycles. The van der Waals surface area contributed by atoms with Crippen molar-refractivity contribution in [2.45, 2.75) is 16.7 Å². The normalized spacial score (nSPS) is 11.6. The van der Waals surface area contributed by atoms with Gasteiger partial charge in [-0.15, -0.1) is 11.8 Å². The van der Waals surface area contributed by atoms with Crippen molar-refractivity contribution in [3.8, 4) is 0 Å². The summed E-state index contributed by atoms with van der Waals surface area (Å²) in [7, 11) is 0. The fraction of sp³-hybridized carbons (Fsp3) is 0.294. The van der Waals surface area contributed by atoms with Crippen molar-refractivity contribution >= 4 is 27.7 Å². The van der Waals surface area contributed by atoms with Gasteiger partial charge >= 0.3 is 0 Å². The third-order valence-corrected chi connectivity index (χ3v) is 5.20. The lowest BCUT2D eigenvalue weighted by Crippen LogP contribution is -2.35. The fourth-order valence-electron chi connectivity index (χ4n) is 2.22. The zero-order chi connectivity index (χ0) is 15.1. The van der Waals surface area contributed by atoms with Crippen molar-refractivity contribution in [2.24, 2.45) is 0 Å². The minimum Gasteiger partial charge on any atom is -0.395 e. The maximum Gasteiger partial charge on any atom is 0.0550 e. The molecular formula is C17H19BrO2S. The van der Waals surface area contributed by atoms with E-state index < -0.39 is 5.41 Å². The molecular weight excluding hydrogens is 348 g/mol. The Hall–Kier alpha value is -0.810. The number of rotatable bonds is 7. The second kappa shape index (κ2) is 7.99. The molecule has 0 amide bonds. The minimum atomic E-state index is -0.581. The molecule has 0 aliphatic carbocycles. The van der Waals surface area contributed by atoms with E-state index >= 15 is 0 Å². The summed E-state index contributed by atoms with van der Waals surface area (Å²) < 4.78 is 0.995. The predicted molar refractivity (Wildman–Crippen MR) is 91.8 cm³/mol. The molecule has 0 bridgehead atoms. The van der Waals surface area contributed by atoms with Crippen LogP contribution in [0.5, 0.6) is 0 Å². The van der Waals surface area contributed by atoms with Gasteiger partial charge in [-0.25, -0.2) is 0 Å². The van der Waals surface area contributed by atoms with E-state index in [-0.39, 0.29) is 13.2 Å². The van der Waals surface area contributed by atoms with E-state index in [4.69, 9.17) is 0 Å². The van der Waals surface area contributed by atoms with Crippen molar-refractivity contribution < 1.29 is 10.2 Å². The Labute approximate surface area is 138 Å². The van der Waals surface area contributed by atoms with Gasteiger partial charge in [0.25, 0.3) is 0 Å². The summed E-state index contributed by atoms with van der Waals surface area (Å²) in [5, 5.41) is 19.6. The van der Waals surface area contributed by atoms with Crippen LogP contribution in [0.4, 0.5) is 0 Å². The molecule has 0 spiro atoms. The maximum absolute atomic E-state index is 9.82. The van der Waals surface area contributed by atoms with Crippen molar-refractivity contribution in [3.05, 3.63) is 64.6 Å². The lowest BCUT2D eigenvalue weighted by molar-refractivity contribution is 0.114. The first kappa shape index (κ1) is 16.6. The smallest absolute Gasteiger partial charge is 0.0550 e. The third kappa shape index (κ3) is 4.33. The van der Waals surface area contributed by atoms with Crippen molar-refractivity contribution in [3.63, 3.8) is 0 Å². The molecule has 2 N–H and O–H groups in total. The molecule has 0 aliphatic rings. The summed E-state index contributed by atoms with van der Waals surface area (Å²) in [6.07, 6.45) is 0.723. The summed E-state index contributed by atoms with van der Waals surface area (Å²) in [5.74, 6) is 0.848. The zero-order valence-corrected chi connectivity index (χ0v) is 14.1. The standard InChI is InChI=1S/C17H19BrO2S/c18-15-8-6-14(7-9-15)17(12-19,13-20)10-11-21-16-4-2-1-3-5-16/h1-9,19-20H,10-13H2. The summed E-state index contributed by atoms with van der Waals surface area (Å²) >= 11 is 5.15. The average molecular weight is 367 g/mol. The first-order valence-electron chi connectivity index (χ1n) is 6.86. The number of benzene rings is 2. The zero-order valence-electron chi connectivity index (χ0n) is 11.7. The third-order valence-electron chi connectivity index (χ3n) is 3.65. The molecule has 0 atom stereocenters. The average Bonchev–Trinajstić information content (AvgIpc) is 2.54. The van der Waals surface area contributed by atoms with Gasteiger partial charge in [0, 0.05) is 14.8 Å². The molecule has 0 radical (unpaired) electrons. The Morgan fingerprint density at radius 3 is 2.10 bits per heavy atom. The highest BCUT2D eigenvalue weighted by Gasteiger charge is 2.30. The maximum atomic E-state index is 9.82. The molecule has 0 saturated carbocycles. The molecule has 0 saturated heterocycles. The van der Waals surface area contributed by atoms with Gasteiger partial charge in [0.1, 0.15) is 0 Å². The van der Waals surface area contributed by atoms with Gasteiger partial charge < -0.3 is 10.2 Å². The Morgan fingerprint density at radius 2 is 1.52 bits per heavy atom. The van der Waals surface area contributed by atoms with Gasteiger partial charge in [-0.3, -0.25) is 0 Å². The summed E-state index contributed by atoms with van der Waals surface area (Å²) in [5.41, 5.74) is 0.395. The quantitative estimate of drug-likeness (QED) is 0.731. The van der Waals surface area contributed by atoms with E-state index in [1.807, 2.05) is 42.5 Å². The van der Waals surface area contributed by atoms with Crippen molar-refractivity contribution in [1.82, 2.24) is 0 Å². The van der Waals surface area contributed by atoms with Crippen LogP contribution >= 0.6 is 27.7 Å². The number of hydrogen-bond acceptors (Lipinski definition) is 3. The monoisotopic (exact) mass is 366 g/mol. The molecule has 2 aromatic rings. The SMILES string of the molecule is OCC(CO)(CCSc1ccccc1)c1ccc(Br)cc1. The van der Waals surface area contributed by atoms with E-state index in [9.17, 15) is 10.2 Å². The topological polar surface area (TPSA) is 40.5 Å². The number of thioether (sulfide) groups is 1. The molecule has 0 unspecified atom stereocenters. The molecule has 21 heavy (non-hydrogen) atoms. The van der Waals surface area contributed by atoms with Gasteiger partial charge in [-0.2, -0.15) is 0 Å². The second-order valence-electron chi connectivity index (χ2n) is 5.01. The molecule has 0 fully saturated rings. The molecule has 112 valence electrons. The summed E-state index contributed by atoms with van der Waals surface area (Å²) in [4.78, 5) is 1.21. The van der Waals surface area contributed by atoms with E-state index in [1.165, 1.54) is 4.90 Å². The minimum absolute atomic E-state index is 0.0551. The van der Waals surface area contributed by atoms with Gasteiger partial charge in [0.05, 0.1) is 13.2 Å². The molecule has 0 aliphatic heterocycles. The van der Waals surface area contributed by atoms with Crippen molar-refractivity contribution in [2.75, 3.05) is 19.0 Å². The van der Waals surface area contributed by atoms with Crippen LogP contribution in [-0.4, -0.2) is 29.2 Å². The van der Waals surface area contributed by atoms with Gasteiger partial charge in [-0.05, 0) is 42.0 Å². The van der Waals surface area contributed by atoms with Crippen LogP contribution in [0.3, 0.4) is 0 Å². The van der Waals surface area contributed by atoms with E-state index in [2.05, 4.69) is 28.1 Å². The van der Waals surface area contributed by atoms with Crippen LogP contribution in [0.2, 0.25) is 0 Å². The van der Waals surface area contributed by atoms with E-state index in [0.717, 1.165) is 22.2 Å². The van der Waals surface area contributed by atoms with Crippen LogP contribution in [-0.2, 0) is 5.41 Å². The van der Waals surface area contributed by atoms with Crippen LogP contribution in [0, 0.1) is 0 Å². The highest BCUT2D eigenvalue weighted by atomic mass is 79.9. The number of aliphatic hydroxyl groups excluding tert-OH is 2.